The number of hydrogen-bond donors (Lipinski definition) is 2. The quantitative estimate of drug-likeness (QED) is 0.568. The van der Waals surface area contributed by atoms with Crippen molar-refractivity contribution in [3.05, 3.63) is 59.7 Å². The van der Waals surface area contributed by atoms with Gasteiger partial charge in [-0.15, -0.1) is 0 Å². The van der Waals surface area contributed by atoms with Crippen LogP contribution in [0.3, 0.4) is 0 Å². The van der Waals surface area contributed by atoms with E-state index >= 15 is 0 Å². The van der Waals surface area contributed by atoms with Crippen LogP contribution < -0.4 is 5.32 Å². The number of piperidine rings is 1. The van der Waals surface area contributed by atoms with Crippen molar-refractivity contribution in [3.63, 3.8) is 0 Å². The molecule has 0 bridgehead atoms. The summed E-state index contributed by atoms with van der Waals surface area (Å²) < 4.78 is 5.63. The van der Waals surface area contributed by atoms with Gasteiger partial charge in [0.2, 0.25) is 5.91 Å². The number of carboxylic acids is 1. The van der Waals surface area contributed by atoms with E-state index in [0.717, 1.165) is 35.1 Å². The number of carbonyl (C=O) groups excluding carboxylic acids is 2. The lowest BCUT2D eigenvalue weighted by Gasteiger charge is -2.38. The molecule has 2 amide bonds. The lowest BCUT2D eigenvalue weighted by molar-refractivity contribution is -0.154. The Hall–Kier alpha value is -3.35. The first-order valence-electron chi connectivity index (χ1n) is 12.6. The molecule has 0 aromatic heterocycles. The first kappa shape index (κ1) is 24.8. The summed E-state index contributed by atoms with van der Waals surface area (Å²) in [6.07, 6.45) is 2.54. The summed E-state index contributed by atoms with van der Waals surface area (Å²) in [6.45, 7) is 4.52. The van der Waals surface area contributed by atoms with Crippen LogP contribution >= 0.6 is 0 Å². The second-order valence-electron chi connectivity index (χ2n) is 9.50. The molecule has 7 heteroatoms. The molecular weight excluding hydrogens is 444 g/mol. The van der Waals surface area contributed by atoms with Crippen LogP contribution in [0, 0.1) is 5.92 Å². The van der Waals surface area contributed by atoms with Gasteiger partial charge in [0.1, 0.15) is 18.7 Å². The number of amides is 2. The molecule has 1 aliphatic carbocycles. The van der Waals surface area contributed by atoms with E-state index in [1.165, 1.54) is 4.90 Å². The number of fused-ring (bicyclic) bond motifs is 3. The number of alkyl carbamates (subject to hydrolysis) is 1. The van der Waals surface area contributed by atoms with Crippen LogP contribution in [0.4, 0.5) is 4.79 Å². The molecule has 0 spiro atoms. The molecule has 7 nitrogen and oxygen atoms in total. The van der Waals surface area contributed by atoms with Gasteiger partial charge >= 0.3 is 12.1 Å². The standard InChI is InChI=1S/C28H34N2O5/c1-3-9-24(26(31)30-15-14-18(4-2)16-25(30)27(32)33)29-28(34)35-17-23-21-12-7-5-10-19(21)20-11-6-8-13-22(20)23/h5-8,10-13,18,23-25H,3-4,9,14-17H2,1-2H3,(H,29,34)(H,32,33)/t18?,24-,25?/m1/s1. The predicted molar refractivity (Wildman–Crippen MR) is 133 cm³/mol. The molecule has 2 aromatic rings. The number of aliphatic carboxylic acids is 1. The van der Waals surface area contributed by atoms with Gasteiger partial charge in [0, 0.05) is 12.5 Å². The molecular formula is C28H34N2O5. The summed E-state index contributed by atoms with van der Waals surface area (Å²) >= 11 is 0. The summed E-state index contributed by atoms with van der Waals surface area (Å²) in [6, 6.07) is 14.5. The van der Waals surface area contributed by atoms with Gasteiger partial charge in [0.25, 0.3) is 0 Å². The summed E-state index contributed by atoms with van der Waals surface area (Å²) in [7, 11) is 0. The fourth-order valence-electron chi connectivity index (χ4n) is 5.44. The second kappa shape index (κ2) is 10.9. The average Bonchev–Trinajstić information content (AvgIpc) is 3.20. The molecule has 35 heavy (non-hydrogen) atoms. The van der Waals surface area contributed by atoms with E-state index in [-0.39, 0.29) is 18.4 Å². The van der Waals surface area contributed by atoms with Crippen molar-refractivity contribution in [1.82, 2.24) is 10.2 Å². The van der Waals surface area contributed by atoms with E-state index in [1.807, 2.05) is 38.1 Å². The number of nitrogens with one attached hydrogen (secondary N) is 1. The second-order valence-corrected chi connectivity index (χ2v) is 9.50. The Morgan fingerprint density at radius 1 is 1.06 bits per heavy atom. The number of carbonyl (C=O) groups is 3. The van der Waals surface area contributed by atoms with Gasteiger partial charge < -0.3 is 20.1 Å². The fourth-order valence-corrected chi connectivity index (χ4v) is 5.44. The summed E-state index contributed by atoms with van der Waals surface area (Å²) in [5, 5.41) is 12.5. The largest absolute Gasteiger partial charge is 0.480 e. The maximum absolute atomic E-state index is 13.3. The summed E-state index contributed by atoms with van der Waals surface area (Å²) in [5.74, 6) is -1.12. The van der Waals surface area contributed by atoms with E-state index in [0.29, 0.717) is 31.7 Å². The first-order chi connectivity index (χ1) is 16.9. The van der Waals surface area contributed by atoms with Crippen LogP contribution in [0.5, 0.6) is 0 Å². The van der Waals surface area contributed by atoms with Crippen molar-refractivity contribution in [1.29, 1.82) is 0 Å². The number of ether oxygens (including phenoxy) is 1. The van der Waals surface area contributed by atoms with Gasteiger partial charge in [0.05, 0.1) is 0 Å². The van der Waals surface area contributed by atoms with Crippen molar-refractivity contribution in [2.45, 2.75) is 64.0 Å². The Morgan fingerprint density at radius 2 is 1.69 bits per heavy atom. The molecule has 3 atom stereocenters. The molecule has 1 saturated heterocycles. The zero-order valence-corrected chi connectivity index (χ0v) is 20.4. The highest BCUT2D eigenvalue weighted by atomic mass is 16.5. The lowest BCUT2D eigenvalue weighted by atomic mass is 9.88. The van der Waals surface area contributed by atoms with Crippen molar-refractivity contribution in [3.8, 4) is 11.1 Å². The van der Waals surface area contributed by atoms with Crippen LogP contribution in [0.15, 0.2) is 48.5 Å². The Balaban J connectivity index is 1.42. The number of carboxylic acid groups (broad SMARTS) is 1. The summed E-state index contributed by atoms with van der Waals surface area (Å²) in [5.41, 5.74) is 4.52. The molecule has 4 rings (SSSR count). The van der Waals surface area contributed by atoms with Gasteiger partial charge in [-0.05, 0) is 47.4 Å². The van der Waals surface area contributed by atoms with Crippen molar-refractivity contribution < 1.29 is 24.2 Å². The van der Waals surface area contributed by atoms with Gasteiger partial charge in [-0.2, -0.15) is 0 Å². The number of hydrogen-bond acceptors (Lipinski definition) is 4. The van der Waals surface area contributed by atoms with Gasteiger partial charge in [-0.3, -0.25) is 4.79 Å². The van der Waals surface area contributed by atoms with E-state index in [9.17, 15) is 19.5 Å². The van der Waals surface area contributed by atoms with Gasteiger partial charge in [0.15, 0.2) is 0 Å². The Labute approximate surface area is 206 Å². The van der Waals surface area contributed by atoms with E-state index < -0.39 is 24.1 Å². The molecule has 1 heterocycles. The van der Waals surface area contributed by atoms with Crippen LogP contribution in [-0.2, 0) is 14.3 Å². The molecule has 2 N–H and O–H groups in total. The van der Waals surface area contributed by atoms with E-state index in [2.05, 4.69) is 29.6 Å². The van der Waals surface area contributed by atoms with Crippen LogP contribution in [0.25, 0.3) is 11.1 Å². The molecule has 0 radical (unpaired) electrons. The maximum atomic E-state index is 13.3. The molecule has 1 fully saturated rings. The van der Waals surface area contributed by atoms with Gasteiger partial charge in [-0.1, -0.05) is 75.2 Å². The topological polar surface area (TPSA) is 95.9 Å². The monoisotopic (exact) mass is 478 g/mol. The molecule has 186 valence electrons. The van der Waals surface area contributed by atoms with Crippen molar-refractivity contribution in [2.75, 3.05) is 13.2 Å². The number of rotatable bonds is 8. The smallest absolute Gasteiger partial charge is 0.407 e. The zero-order chi connectivity index (χ0) is 24.9. The SMILES string of the molecule is CCC[C@@H](NC(=O)OCC1c2ccccc2-c2ccccc21)C(=O)N1CCC(CC)CC1C(=O)O. The minimum Gasteiger partial charge on any atom is -0.480 e. The molecule has 2 unspecified atom stereocenters. The van der Waals surface area contributed by atoms with Crippen molar-refractivity contribution in [2.24, 2.45) is 5.92 Å². The number of nitrogens with zero attached hydrogens (tertiary/aromatic N) is 1. The minimum atomic E-state index is -0.993. The molecule has 0 saturated carbocycles. The zero-order valence-electron chi connectivity index (χ0n) is 20.4. The highest BCUT2D eigenvalue weighted by Crippen LogP contribution is 2.44. The summed E-state index contributed by atoms with van der Waals surface area (Å²) in [4.78, 5) is 39.4. The van der Waals surface area contributed by atoms with E-state index in [4.69, 9.17) is 4.74 Å². The van der Waals surface area contributed by atoms with Crippen LogP contribution in [0.1, 0.15) is 63.0 Å². The highest BCUT2D eigenvalue weighted by molar-refractivity contribution is 5.89. The van der Waals surface area contributed by atoms with Crippen LogP contribution in [-0.4, -0.2) is 53.2 Å². The number of benzene rings is 2. The third-order valence-electron chi connectivity index (χ3n) is 7.37. The van der Waals surface area contributed by atoms with Crippen molar-refractivity contribution >= 4 is 18.0 Å². The number of likely N-dealkylation sites (tertiary alicyclic amines) is 1. The molecule has 2 aliphatic rings. The Morgan fingerprint density at radius 3 is 2.26 bits per heavy atom. The third-order valence-corrected chi connectivity index (χ3v) is 7.37. The van der Waals surface area contributed by atoms with Gasteiger partial charge in [-0.25, -0.2) is 9.59 Å². The molecule has 2 aromatic carbocycles. The fraction of sp³-hybridized carbons (Fsp3) is 0.464. The Kier molecular flexibility index (Phi) is 7.73. The molecule has 1 aliphatic heterocycles. The average molecular weight is 479 g/mol. The normalized spacial score (nSPS) is 20.0. The highest BCUT2D eigenvalue weighted by Gasteiger charge is 2.38. The minimum absolute atomic E-state index is 0.0714. The predicted octanol–water partition coefficient (Wildman–Crippen LogP) is 4.80. The lowest BCUT2D eigenvalue weighted by Crippen LogP contribution is -2.56. The van der Waals surface area contributed by atoms with Crippen LogP contribution in [0.2, 0.25) is 0 Å². The first-order valence-corrected chi connectivity index (χ1v) is 12.6. The maximum Gasteiger partial charge on any atom is 0.407 e. The third kappa shape index (κ3) is 5.19. The van der Waals surface area contributed by atoms with E-state index in [1.54, 1.807) is 0 Å². The Bertz CT molecular complexity index is 1040.